The fourth-order valence-corrected chi connectivity index (χ4v) is 1.56. The van der Waals surface area contributed by atoms with E-state index < -0.39 is 0 Å². The summed E-state index contributed by atoms with van der Waals surface area (Å²) in [5.74, 6) is 0. The SMILES string of the molecule is Clc1ccc(/N=C/c2ccccc2Cl)cc1. The smallest absolute Gasteiger partial charge is 0.0630 e. The molecule has 80 valence electrons. The number of hydrogen-bond donors (Lipinski definition) is 0. The molecule has 0 aromatic heterocycles. The van der Waals surface area contributed by atoms with Crippen LogP contribution in [0.2, 0.25) is 10.0 Å². The van der Waals surface area contributed by atoms with Gasteiger partial charge in [-0.1, -0.05) is 41.4 Å². The fourth-order valence-electron chi connectivity index (χ4n) is 1.25. The van der Waals surface area contributed by atoms with Crippen molar-refractivity contribution in [3.63, 3.8) is 0 Å². The van der Waals surface area contributed by atoms with Crippen molar-refractivity contribution in [2.75, 3.05) is 0 Å². The van der Waals surface area contributed by atoms with Gasteiger partial charge in [0.25, 0.3) is 0 Å². The average Bonchev–Trinajstić information content (AvgIpc) is 2.30. The van der Waals surface area contributed by atoms with E-state index in [0.717, 1.165) is 11.3 Å². The van der Waals surface area contributed by atoms with Gasteiger partial charge < -0.3 is 0 Å². The van der Waals surface area contributed by atoms with Crippen molar-refractivity contribution in [2.24, 2.45) is 4.99 Å². The van der Waals surface area contributed by atoms with Crippen LogP contribution in [0.4, 0.5) is 5.69 Å². The molecule has 2 aromatic rings. The van der Waals surface area contributed by atoms with Gasteiger partial charge >= 0.3 is 0 Å². The van der Waals surface area contributed by atoms with Crippen molar-refractivity contribution < 1.29 is 0 Å². The van der Waals surface area contributed by atoms with Gasteiger partial charge in [0.15, 0.2) is 0 Å². The Morgan fingerprint density at radius 3 is 2.25 bits per heavy atom. The maximum atomic E-state index is 6.00. The van der Waals surface area contributed by atoms with Crippen molar-refractivity contribution in [3.8, 4) is 0 Å². The molecule has 16 heavy (non-hydrogen) atoms. The van der Waals surface area contributed by atoms with Gasteiger partial charge in [-0.15, -0.1) is 0 Å². The standard InChI is InChI=1S/C13H9Cl2N/c14-11-5-7-12(8-6-11)16-9-10-3-1-2-4-13(10)15/h1-9H/b16-9+. The molecule has 0 aliphatic rings. The molecule has 0 spiro atoms. The maximum Gasteiger partial charge on any atom is 0.0630 e. The summed E-state index contributed by atoms with van der Waals surface area (Å²) < 4.78 is 0. The number of nitrogens with zero attached hydrogens (tertiary/aromatic N) is 1. The molecule has 0 saturated heterocycles. The number of aliphatic imine (C=N–C) groups is 1. The predicted molar refractivity (Wildman–Crippen MR) is 70.2 cm³/mol. The number of hydrogen-bond acceptors (Lipinski definition) is 1. The van der Waals surface area contributed by atoms with Crippen molar-refractivity contribution in [1.29, 1.82) is 0 Å². The molecule has 0 N–H and O–H groups in total. The Morgan fingerprint density at radius 2 is 1.56 bits per heavy atom. The maximum absolute atomic E-state index is 6.00. The topological polar surface area (TPSA) is 12.4 Å². The second-order valence-corrected chi connectivity index (χ2v) is 4.10. The van der Waals surface area contributed by atoms with E-state index in [0.29, 0.717) is 10.0 Å². The molecule has 0 amide bonds. The first-order valence-corrected chi connectivity index (χ1v) is 5.55. The van der Waals surface area contributed by atoms with E-state index in [1.807, 2.05) is 36.4 Å². The molecule has 0 unspecified atom stereocenters. The van der Waals surface area contributed by atoms with Crippen molar-refractivity contribution in [3.05, 3.63) is 64.1 Å². The fraction of sp³-hybridized carbons (Fsp3) is 0. The predicted octanol–water partition coefficient (Wildman–Crippen LogP) is 4.74. The van der Waals surface area contributed by atoms with Crippen LogP contribution in [-0.2, 0) is 0 Å². The molecular weight excluding hydrogens is 241 g/mol. The normalized spacial score (nSPS) is 10.9. The number of benzene rings is 2. The van der Waals surface area contributed by atoms with Crippen LogP contribution in [-0.4, -0.2) is 6.21 Å². The summed E-state index contributed by atoms with van der Waals surface area (Å²) in [7, 11) is 0. The molecule has 0 aliphatic carbocycles. The third kappa shape index (κ3) is 2.84. The highest BCUT2D eigenvalue weighted by Crippen LogP contribution is 2.18. The largest absolute Gasteiger partial charge is 0.256 e. The Labute approximate surface area is 104 Å². The first-order valence-electron chi connectivity index (χ1n) is 4.80. The minimum atomic E-state index is 0.695. The van der Waals surface area contributed by atoms with Crippen molar-refractivity contribution >= 4 is 35.1 Å². The lowest BCUT2D eigenvalue weighted by molar-refractivity contribution is 1.52. The lowest BCUT2D eigenvalue weighted by atomic mass is 10.2. The van der Waals surface area contributed by atoms with Gasteiger partial charge in [-0.2, -0.15) is 0 Å². The molecule has 0 heterocycles. The Hall–Kier alpha value is -1.31. The summed E-state index contributed by atoms with van der Waals surface area (Å²) in [6.07, 6.45) is 1.74. The second kappa shape index (κ2) is 5.15. The zero-order valence-electron chi connectivity index (χ0n) is 8.40. The molecule has 0 aliphatic heterocycles. The summed E-state index contributed by atoms with van der Waals surface area (Å²) in [5, 5.41) is 1.40. The van der Waals surface area contributed by atoms with Gasteiger partial charge in [-0.3, -0.25) is 4.99 Å². The summed E-state index contributed by atoms with van der Waals surface area (Å²) in [5.41, 5.74) is 1.75. The molecule has 2 aromatic carbocycles. The molecule has 0 saturated carbocycles. The van der Waals surface area contributed by atoms with Gasteiger partial charge in [-0.25, -0.2) is 0 Å². The minimum absolute atomic E-state index is 0.695. The molecule has 0 fully saturated rings. The highest BCUT2D eigenvalue weighted by atomic mass is 35.5. The van der Waals surface area contributed by atoms with Gasteiger partial charge in [-0.05, 0) is 30.3 Å². The molecule has 1 nitrogen and oxygen atoms in total. The second-order valence-electron chi connectivity index (χ2n) is 3.26. The van der Waals surface area contributed by atoms with Crippen molar-refractivity contribution in [2.45, 2.75) is 0 Å². The molecule has 3 heteroatoms. The van der Waals surface area contributed by atoms with Crippen molar-refractivity contribution in [1.82, 2.24) is 0 Å². The summed E-state index contributed by atoms with van der Waals surface area (Å²) in [6.45, 7) is 0. The Bertz CT molecular complexity index is 504. The summed E-state index contributed by atoms with van der Waals surface area (Å²) >= 11 is 11.8. The highest BCUT2D eigenvalue weighted by Gasteiger charge is 1.94. The van der Waals surface area contributed by atoms with Gasteiger partial charge in [0.05, 0.1) is 5.69 Å². The van der Waals surface area contributed by atoms with E-state index in [1.54, 1.807) is 18.3 Å². The highest BCUT2D eigenvalue weighted by molar-refractivity contribution is 6.33. The average molecular weight is 250 g/mol. The van der Waals surface area contributed by atoms with Crippen LogP contribution >= 0.6 is 23.2 Å². The van der Waals surface area contributed by atoms with Gasteiger partial charge in [0.1, 0.15) is 0 Å². The van der Waals surface area contributed by atoms with Gasteiger partial charge in [0, 0.05) is 21.8 Å². The van der Waals surface area contributed by atoms with E-state index in [2.05, 4.69) is 4.99 Å². The zero-order valence-corrected chi connectivity index (χ0v) is 9.91. The Morgan fingerprint density at radius 1 is 0.875 bits per heavy atom. The van der Waals surface area contributed by atoms with Crippen LogP contribution in [0, 0.1) is 0 Å². The number of rotatable bonds is 2. The van der Waals surface area contributed by atoms with Crippen LogP contribution in [0.15, 0.2) is 53.5 Å². The summed E-state index contributed by atoms with van der Waals surface area (Å²) in [6, 6.07) is 14.9. The lowest BCUT2D eigenvalue weighted by Crippen LogP contribution is -1.80. The molecule has 0 radical (unpaired) electrons. The first-order chi connectivity index (χ1) is 7.75. The number of halogens is 2. The van der Waals surface area contributed by atoms with Gasteiger partial charge in [0.2, 0.25) is 0 Å². The monoisotopic (exact) mass is 249 g/mol. The molecule has 0 bridgehead atoms. The van der Waals surface area contributed by atoms with Crippen LogP contribution in [0.5, 0.6) is 0 Å². The van der Waals surface area contributed by atoms with E-state index in [9.17, 15) is 0 Å². The van der Waals surface area contributed by atoms with Crippen LogP contribution in [0.25, 0.3) is 0 Å². The zero-order chi connectivity index (χ0) is 11.4. The lowest BCUT2D eigenvalue weighted by Gasteiger charge is -1.96. The van der Waals surface area contributed by atoms with Crippen LogP contribution in [0.3, 0.4) is 0 Å². The Kier molecular flexibility index (Phi) is 3.60. The quantitative estimate of drug-likeness (QED) is 0.682. The third-order valence-electron chi connectivity index (χ3n) is 2.08. The summed E-state index contributed by atoms with van der Waals surface area (Å²) in [4.78, 5) is 4.31. The van der Waals surface area contributed by atoms with Crippen LogP contribution < -0.4 is 0 Å². The molecular formula is C13H9Cl2N. The van der Waals surface area contributed by atoms with E-state index in [4.69, 9.17) is 23.2 Å². The van der Waals surface area contributed by atoms with E-state index >= 15 is 0 Å². The molecule has 0 atom stereocenters. The third-order valence-corrected chi connectivity index (χ3v) is 2.68. The molecule has 2 rings (SSSR count). The van der Waals surface area contributed by atoms with E-state index in [1.165, 1.54) is 0 Å². The Balaban J connectivity index is 2.21. The van der Waals surface area contributed by atoms with Crippen LogP contribution in [0.1, 0.15) is 5.56 Å². The first kappa shape index (κ1) is 11.2. The minimum Gasteiger partial charge on any atom is -0.256 e. The van der Waals surface area contributed by atoms with E-state index in [-0.39, 0.29) is 0 Å².